The summed E-state index contributed by atoms with van der Waals surface area (Å²) in [6.45, 7) is 0. The van der Waals surface area contributed by atoms with E-state index in [1.807, 2.05) is 0 Å². The number of pyridine rings is 1. The van der Waals surface area contributed by atoms with Crippen LogP contribution in [0.15, 0.2) is 29.2 Å². The minimum atomic E-state index is -0.123. The first-order chi connectivity index (χ1) is 9.24. The lowest BCUT2D eigenvalue weighted by Crippen LogP contribution is -2.15. The van der Waals surface area contributed by atoms with Crippen LogP contribution >= 0.6 is 0 Å². The van der Waals surface area contributed by atoms with E-state index < -0.39 is 0 Å². The molecule has 0 amide bonds. The second kappa shape index (κ2) is 5.03. The van der Waals surface area contributed by atoms with Crippen LogP contribution in [-0.4, -0.2) is 14.5 Å². The maximum atomic E-state index is 12.0. The summed E-state index contributed by atoms with van der Waals surface area (Å²) in [4.78, 5) is 16.4. The summed E-state index contributed by atoms with van der Waals surface area (Å²) in [5.74, 6) is 0.840. The van der Waals surface area contributed by atoms with Gasteiger partial charge in [0.25, 0.3) is 5.56 Å². The van der Waals surface area contributed by atoms with Gasteiger partial charge in [0.15, 0.2) is 11.4 Å². The van der Waals surface area contributed by atoms with Gasteiger partial charge in [-0.15, -0.1) is 0 Å². The molecule has 1 aliphatic rings. The van der Waals surface area contributed by atoms with Gasteiger partial charge in [-0.05, 0) is 30.9 Å². The van der Waals surface area contributed by atoms with Gasteiger partial charge in [0, 0.05) is 18.0 Å². The van der Waals surface area contributed by atoms with Gasteiger partial charge in [-0.2, -0.15) is 0 Å². The zero-order valence-electron chi connectivity index (χ0n) is 10.9. The first-order valence-electron chi connectivity index (χ1n) is 6.94. The molecule has 0 spiro atoms. The molecule has 0 bridgehead atoms. The number of hydrogen-bond acceptors (Lipinski definition) is 3. The Kier molecular flexibility index (Phi) is 3.23. The lowest BCUT2D eigenvalue weighted by atomic mass is 10.0. The topological polar surface area (TPSA) is 54.6 Å². The Balaban J connectivity index is 1.87. The number of aromatic nitrogens is 2. The van der Waals surface area contributed by atoms with Crippen molar-refractivity contribution in [3.63, 3.8) is 0 Å². The van der Waals surface area contributed by atoms with Gasteiger partial charge in [0.05, 0.1) is 0 Å². The van der Waals surface area contributed by atoms with E-state index in [9.17, 15) is 9.90 Å². The fourth-order valence-electron chi connectivity index (χ4n) is 2.94. The highest BCUT2D eigenvalue weighted by Crippen LogP contribution is 2.28. The quantitative estimate of drug-likeness (QED) is 0.920. The molecule has 0 aliphatic heterocycles. The lowest BCUT2D eigenvalue weighted by Gasteiger charge is -2.09. The molecule has 0 saturated heterocycles. The largest absolute Gasteiger partial charge is 0.504 e. The SMILES string of the molecule is O=c1cc(CCC2CCCC2)nc2c(O)cccn12. The molecular formula is C15H18N2O2. The van der Waals surface area contributed by atoms with Gasteiger partial charge in [-0.25, -0.2) is 4.98 Å². The van der Waals surface area contributed by atoms with E-state index >= 15 is 0 Å². The summed E-state index contributed by atoms with van der Waals surface area (Å²) in [6.07, 6.45) is 8.82. The second-order valence-corrected chi connectivity index (χ2v) is 5.36. The molecule has 19 heavy (non-hydrogen) atoms. The molecule has 4 nitrogen and oxygen atoms in total. The van der Waals surface area contributed by atoms with Crippen LogP contribution < -0.4 is 5.56 Å². The van der Waals surface area contributed by atoms with Crippen LogP contribution in [0.4, 0.5) is 0 Å². The Morgan fingerprint density at radius 1 is 1.37 bits per heavy atom. The minimum Gasteiger partial charge on any atom is -0.504 e. The summed E-state index contributed by atoms with van der Waals surface area (Å²) in [7, 11) is 0. The minimum absolute atomic E-state index is 0.0577. The van der Waals surface area contributed by atoms with E-state index in [1.54, 1.807) is 24.4 Å². The standard InChI is InChI=1S/C15H18N2O2/c18-13-6-3-9-17-14(19)10-12(16-15(13)17)8-7-11-4-1-2-5-11/h3,6,9-11,18H,1-2,4-5,7-8H2. The lowest BCUT2D eigenvalue weighted by molar-refractivity contribution is 0.475. The van der Waals surface area contributed by atoms with Crippen molar-refractivity contribution in [2.75, 3.05) is 0 Å². The highest BCUT2D eigenvalue weighted by atomic mass is 16.3. The predicted molar refractivity (Wildman–Crippen MR) is 73.4 cm³/mol. The van der Waals surface area contributed by atoms with Crippen LogP contribution in [0, 0.1) is 5.92 Å². The van der Waals surface area contributed by atoms with Gasteiger partial charge in [0.2, 0.25) is 0 Å². The predicted octanol–water partition coefficient (Wildman–Crippen LogP) is 2.52. The van der Waals surface area contributed by atoms with E-state index in [1.165, 1.54) is 30.1 Å². The molecule has 2 heterocycles. The smallest absolute Gasteiger partial charge is 0.258 e. The van der Waals surface area contributed by atoms with Crippen LogP contribution in [-0.2, 0) is 6.42 Å². The molecule has 1 fully saturated rings. The third kappa shape index (κ3) is 2.48. The van der Waals surface area contributed by atoms with E-state index in [2.05, 4.69) is 4.98 Å². The fourth-order valence-corrected chi connectivity index (χ4v) is 2.94. The molecule has 0 radical (unpaired) electrons. The average molecular weight is 258 g/mol. The van der Waals surface area contributed by atoms with E-state index in [-0.39, 0.29) is 11.3 Å². The van der Waals surface area contributed by atoms with Crippen molar-refractivity contribution in [2.24, 2.45) is 5.92 Å². The molecule has 2 aromatic heterocycles. The van der Waals surface area contributed by atoms with Crippen molar-refractivity contribution >= 4 is 5.65 Å². The molecule has 1 saturated carbocycles. The monoisotopic (exact) mass is 258 g/mol. The van der Waals surface area contributed by atoms with Crippen LogP contribution in [0.1, 0.15) is 37.8 Å². The number of hydrogen-bond donors (Lipinski definition) is 1. The van der Waals surface area contributed by atoms with Crippen molar-refractivity contribution in [1.29, 1.82) is 0 Å². The zero-order valence-corrected chi connectivity index (χ0v) is 10.9. The molecule has 3 rings (SSSR count). The van der Waals surface area contributed by atoms with Crippen molar-refractivity contribution in [3.8, 4) is 5.75 Å². The van der Waals surface area contributed by atoms with Crippen molar-refractivity contribution in [1.82, 2.24) is 9.38 Å². The third-order valence-corrected chi connectivity index (χ3v) is 4.01. The average Bonchev–Trinajstić information content (AvgIpc) is 2.91. The molecule has 4 heteroatoms. The van der Waals surface area contributed by atoms with E-state index in [0.29, 0.717) is 5.65 Å². The summed E-state index contributed by atoms with van der Waals surface area (Å²) in [6, 6.07) is 4.79. The number of nitrogens with zero attached hydrogens (tertiary/aromatic N) is 2. The summed E-state index contributed by atoms with van der Waals surface area (Å²) >= 11 is 0. The van der Waals surface area contributed by atoms with Crippen molar-refractivity contribution in [2.45, 2.75) is 38.5 Å². The molecule has 2 aromatic rings. The molecule has 1 N–H and O–H groups in total. The van der Waals surface area contributed by atoms with Crippen molar-refractivity contribution in [3.05, 3.63) is 40.4 Å². The molecule has 0 unspecified atom stereocenters. The zero-order chi connectivity index (χ0) is 13.2. The Labute approximate surface area is 111 Å². The number of fused-ring (bicyclic) bond motifs is 1. The van der Waals surface area contributed by atoms with Crippen LogP contribution in [0.25, 0.3) is 5.65 Å². The summed E-state index contributed by atoms with van der Waals surface area (Å²) < 4.78 is 1.38. The molecular weight excluding hydrogens is 240 g/mol. The maximum Gasteiger partial charge on any atom is 0.258 e. The van der Waals surface area contributed by atoms with Gasteiger partial charge >= 0.3 is 0 Å². The molecule has 100 valence electrons. The van der Waals surface area contributed by atoms with E-state index in [0.717, 1.165) is 24.5 Å². The highest BCUT2D eigenvalue weighted by molar-refractivity contribution is 5.52. The van der Waals surface area contributed by atoms with Crippen LogP contribution in [0.3, 0.4) is 0 Å². The number of rotatable bonds is 3. The van der Waals surface area contributed by atoms with E-state index in [4.69, 9.17) is 0 Å². The van der Waals surface area contributed by atoms with Crippen LogP contribution in [0.2, 0.25) is 0 Å². The Morgan fingerprint density at radius 3 is 2.95 bits per heavy atom. The second-order valence-electron chi connectivity index (χ2n) is 5.36. The Morgan fingerprint density at radius 2 is 2.16 bits per heavy atom. The first kappa shape index (κ1) is 12.2. The van der Waals surface area contributed by atoms with Gasteiger partial charge in [0.1, 0.15) is 0 Å². The Hall–Kier alpha value is -1.84. The first-order valence-corrected chi connectivity index (χ1v) is 6.94. The molecule has 1 aliphatic carbocycles. The molecule has 0 aromatic carbocycles. The molecule has 0 atom stereocenters. The van der Waals surface area contributed by atoms with Crippen LogP contribution in [0.5, 0.6) is 5.75 Å². The highest BCUT2D eigenvalue weighted by Gasteiger charge is 2.15. The normalized spacial score (nSPS) is 16.2. The van der Waals surface area contributed by atoms with Crippen molar-refractivity contribution < 1.29 is 5.11 Å². The van der Waals surface area contributed by atoms with Gasteiger partial charge in [-0.1, -0.05) is 25.7 Å². The number of aromatic hydroxyl groups is 1. The fraction of sp³-hybridized carbons (Fsp3) is 0.467. The van der Waals surface area contributed by atoms with Gasteiger partial charge < -0.3 is 5.11 Å². The summed E-state index contributed by atoms with van der Waals surface area (Å²) in [5, 5.41) is 9.78. The summed E-state index contributed by atoms with van der Waals surface area (Å²) in [5.41, 5.74) is 1.03. The Bertz CT molecular complexity index is 642. The third-order valence-electron chi connectivity index (χ3n) is 4.01. The maximum absolute atomic E-state index is 12.0. The van der Waals surface area contributed by atoms with Gasteiger partial charge in [-0.3, -0.25) is 9.20 Å². The number of aryl methyl sites for hydroxylation is 1.